The van der Waals surface area contributed by atoms with Crippen LogP contribution in [0, 0.1) is 0 Å². The Kier molecular flexibility index (Phi) is 5.71. The van der Waals surface area contributed by atoms with Crippen molar-refractivity contribution in [1.82, 2.24) is 0 Å². The molecule has 0 aliphatic rings. The molecular weight excluding hydrogens is 271 g/mol. The molecule has 0 aliphatic carbocycles. The molecule has 0 nitrogen and oxygen atoms in total. The van der Waals surface area contributed by atoms with Crippen LogP contribution in [0.15, 0.2) is 24.3 Å². The van der Waals surface area contributed by atoms with Crippen molar-refractivity contribution in [2.24, 2.45) is 0 Å². The van der Waals surface area contributed by atoms with Gasteiger partial charge in [-0.25, -0.2) is 0 Å². The van der Waals surface area contributed by atoms with E-state index in [0.29, 0.717) is 10.3 Å². The molecule has 1 aromatic carbocycles. The third-order valence-electron chi connectivity index (χ3n) is 4.93. The van der Waals surface area contributed by atoms with Crippen LogP contribution >= 0.6 is 7.92 Å². The highest BCUT2D eigenvalue weighted by Crippen LogP contribution is 2.61. The SMILES string of the molecule is CCC(C)(C)P(c1ccc(C(C)(C)C)cc1)C(C)(C)CC. The summed E-state index contributed by atoms with van der Waals surface area (Å²) >= 11 is 0. The highest BCUT2D eigenvalue weighted by molar-refractivity contribution is 7.68. The second-order valence-electron chi connectivity index (χ2n) is 8.46. The maximum Gasteiger partial charge on any atom is -0.0109 e. The maximum atomic E-state index is 2.45. The summed E-state index contributed by atoms with van der Waals surface area (Å²) in [5, 5.41) is 2.34. The standard InChI is InChI=1S/C20H35P/c1-10-19(6,7)21(20(8,9)11-2)17-14-12-16(13-15-17)18(3,4)5/h12-15H,10-11H2,1-9H3. The molecule has 0 aromatic heterocycles. The monoisotopic (exact) mass is 306 g/mol. The molecule has 1 heteroatoms. The fraction of sp³-hybridized carbons (Fsp3) is 0.700. The van der Waals surface area contributed by atoms with E-state index in [1.54, 1.807) is 5.30 Å². The van der Waals surface area contributed by atoms with Crippen LogP contribution in [0.3, 0.4) is 0 Å². The van der Waals surface area contributed by atoms with Crippen molar-refractivity contribution < 1.29 is 0 Å². The fourth-order valence-corrected chi connectivity index (χ4v) is 7.06. The Morgan fingerprint density at radius 3 is 1.38 bits per heavy atom. The van der Waals surface area contributed by atoms with Crippen LogP contribution in [0.4, 0.5) is 0 Å². The van der Waals surface area contributed by atoms with Gasteiger partial charge in [0.05, 0.1) is 0 Å². The first kappa shape index (κ1) is 18.7. The Bertz CT molecular complexity index is 430. The Morgan fingerprint density at radius 2 is 1.10 bits per heavy atom. The second-order valence-corrected chi connectivity index (χ2v) is 12.1. The van der Waals surface area contributed by atoms with Crippen LogP contribution in [0.5, 0.6) is 0 Å². The minimum atomic E-state index is -0.191. The van der Waals surface area contributed by atoms with Gasteiger partial charge in [0.25, 0.3) is 0 Å². The molecule has 0 atom stereocenters. The van der Waals surface area contributed by atoms with Gasteiger partial charge in [0.2, 0.25) is 0 Å². The van der Waals surface area contributed by atoms with E-state index in [2.05, 4.69) is 86.6 Å². The maximum absolute atomic E-state index is 2.45. The first-order valence-corrected chi connectivity index (χ1v) is 9.71. The largest absolute Gasteiger partial charge is 0.0645 e. The second kappa shape index (κ2) is 6.41. The van der Waals surface area contributed by atoms with Crippen molar-refractivity contribution in [3.05, 3.63) is 29.8 Å². The topological polar surface area (TPSA) is 0 Å². The smallest absolute Gasteiger partial charge is 0.0109 e. The van der Waals surface area contributed by atoms with Crippen molar-refractivity contribution in [3.63, 3.8) is 0 Å². The third kappa shape index (κ3) is 4.32. The number of rotatable bonds is 5. The van der Waals surface area contributed by atoms with Gasteiger partial charge in [-0.3, -0.25) is 0 Å². The number of hydrogen-bond donors (Lipinski definition) is 0. The van der Waals surface area contributed by atoms with Gasteiger partial charge in [-0.1, -0.05) is 94.5 Å². The van der Waals surface area contributed by atoms with E-state index < -0.39 is 0 Å². The summed E-state index contributed by atoms with van der Waals surface area (Å²) < 4.78 is 0. The highest BCUT2D eigenvalue weighted by atomic mass is 31.1. The van der Waals surface area contributed by atoms with Gasteiger partial charge < -0.3 is 0 Å². The normalized spacial score (nSPS) is 13.8. The van der Waals surface area contributed by atoms with Gasteiger partial charge in [0.15, 0.2) is 0 Å². The molecule has 120 valence electrons. The van der Waals surface area contributed by atoms with Crippen LogP contribution < -0.4 is 5.30 Å². The first-order valence-electron chi connectivity index (χ1n) is 8.36. The zero-order chi connectivity index (χ0) is 16.5. The first-order chi connectivity index (χ1) is 9.45. The summed E-state index contributed by atoms with van der Waals surface area (Å²) in [5.41, 5.74) is 1.67. The van der Waals surface area contributed by atoms with Gasteiger partial charge >= 0.3 is 0 Å². The van der Waals surface area contributed by atoms with Gasteiger partial charge in [-0.05, 0) is 39.4 Å². The Hall–Kier alpha value is -0.350. The van der Waals surface area contributed by atoms with Crippen molar-refractivity contribution >= 4 is 13.2 Å². The molecule has 0 N–H and O–H groups in total. The molecular formula is C20H35P. The van der Waals surface area contributed by atoms with Gasteiger partial charge in [-0.2, -0.15) is 0 Å². The molecule has 1 aromatic rings. The fourth-order valence-electron chi connectivity index (χ4n) is 2.95. The molecule has 0 fully saturated rings. The Morgan fingerprint density at radius 1 is 0.714 bits per heavy atom. The summed E-state index contributed by atoms with van der Waals surface area (Å²) in [6, 6.07) is 9.51. The Balaban J connectivity index is 3.29. The average Bonchev–Trinajstić information content (AvgIpc) is 2.38. The van der Waals surface area contributed by atoms with E-state index in [1.807, 2.05) is 0 Å². The minimum absolute atomic E-state index is 0.191. The van der Waals surface area contributed by atoms with Crippen LogP contribution in [0.25, 0.3) is 0 Å². The minimum Gasteiger partial charge on any atom is -0.0645 e. The molecule has 0 amide bonds. The summed E-state index contributed by atoms with van der Waals surface area (Å²) in [6.45, 7) is 21.3. The molecule has 0 spiro atoms. The molecule has 0 unspecified atom stereocenters. The predicted octanol–water partition coefficient (Wildman–Crippen LogP) is 6.47. The average molecular weight is 306 g/mol. The molecule has 21 heavy (non-hydrogen) atoms. The molecule has 1 rings (SSSR count). The van der Waals surface area contributed by atoms with Crippen molar-refractivity contribution in [2.75, 3.05) is 0 Å². The Labute approximate surface area is 134 Å². The summed E-state index contributed by atoms with van der Waals surface area (Å²) in [4.78, 5) is 0. The summed E-state index contributed by atoms with van der Waals surface area (Å²) in [6.07, 6.45) is 2.48. The van der Waals surface area contributed by atoms with Crippen LogP contribution in [-0.4, -0.2) is 10.3 Å². The lowest BCUT2D eigenvalue weighted by Gasteiger charge is -2.45. The molecule has 0 saturated heterocycles. The lowest BCUT2D eigenvalue weighted by atomic mass is 9.87. The molecule has 0 radical (unpaired) electrons. The molecule has 0 aliphatic heterocycles. The number of hydrogen-bond acceptors (Lipinski definition) is 0. The van der Waals surface area contributed by atoms with E-state index in [4.69, 9.17) is 0 Å². The van der Waals surface area contributed by atoms with E-state index in [9.17, 15) is 0 Å². The van der Waals surface area contributed by atoms with Crippen LogP contribution in [0.1, 0.15) is 80.7 Å². The lowest BCUT2D eigenvalue weighted by Crippen LogP contribution is -2.34. The molecule has 0 saturated carbocycles. The van der Waals surface area contributed by atoms with Crippen molar-refractivity contribution in [2.45, 2.75) is 90.9 Å². The summed E-state index contributed by atoms with van der Waals surface area (Å²) in [5.74, 6) is 0. The zero-order valence-corrected chi connectivity index (χ0v) is 16.6. The zero-order valence-electron chi connectivity index (χ0n) is 15.7. The van der Waals surface area contributed by atoms with Crippen molar-refractivity contribution in [3.8, 4) is 0 Å². The quantitative estimate of drug-likeness (QED) is 0.547. The van der Waals surface area contributed by atoms with Gasteiger partial charge in [-0.15, -0.1) is 0 Å². The molecule has 0 heterocycles. The predicted molar refractivity (Wildman–Crippen MR) is 100 cm³/mol. The van der Waals surface area contributed by atoms with Crippen molar-refractivity contribution in [1.29, 1.82) is 0 Å². The van der Waals surface area contributed by atoms with Gasteiger partial charge in [0.1, 0.15) is 0 Å². The van der Waals surface area contributed by atoms with E-state index in [1.165, 1.54) is 18.4 Å². The van der Waals surface area contributed by atoms with E-state index in [-0.39, 0.29) is 13.3 Å². The van der Waals surface area contributed by atoms with E-state index >= 15 is 0 Å². The number of benzene rings is 1. The molecule has 0 bridgehead atoms. The third-order valence-corrected chi connectivity index (χ3v) is 8.80. The van der Waals surface area contributed by atoms with Gasteiger partial charge in [0, 0.05) is 0 Å². The van der Waals surface area contributed by atoms with E-state index in [0.717, 1.165) is 0 Å². The van der Waals surface area contributed by atoms with Crippen LogP contribution in [-0.2, 0) is 5.41 Å². The lowest BCUT2D eigenvalue weighted by molar-refractivity contribution is 0.590. The summed E-state index contributed by atoms with van der Waals surface area (Å²) in [7, 11) is -0.191. The highest BCUT2D eigenvalue weighted by Gasteiger charge is 2.39. The van der Waals surface area contributed by atoms with Crippen LogP contribution in [0.2, 0.25) is 0 Å².